The minimum absolute atomic E-state index is 0.177. The molecular weight excluding hydrogens is 318 g/mol. The highest BCUT2D eigenvalue weighted by molar-refractivity contribution is 7.13. The van der Waals surface area contributed by atoms with Crippen LogP contribution in [0.25, 0.3) is 5.57 Å². The van der Waals surface area contributed by atoms with E-state index in [1.165, 1.54) is 15.3 Å². The van der Waals surface area contributed by atoms with Crippen molar-refractivity contribution in [3.05, 3.63) is 63.9 Å². The number of hydrogen-bond acceptors (Lipinski definition) is 3. The molecule has 2 atom stereocenters. The van der Waals surface area contributed by atoms with E-state index in [0.717, 1.165) is 24.8 Å². The molecule has 4 heteroatoms. The first-order valence-electron chi connectivity index (χ1n) is 8.47. The number of benzene rings is 1. The standard InChI is InChI=1S/C20H21NO2S/c1-14-7-10-19(24-14)16-11-17-8-9-18(12-16)21(17)20(22)23-13-15-5-3-2-4-6-15/h2-7,10-11,17-18H,8-9,12-13H2,1H3. The first kappa shape index (κ1) is 15.5. The summed E-state index contributed by atoms with van der Waals surface area (Å²) in [6.07, 6.45) is 5.15. The van der Waals surface area contributed by atoms with Crippen molar-refractivity contribution < 1.29 is 9.53 Å². The average Bonchev–Trinajstić information content (AvgIpc) is 3.15. The molecule has 1 aromatic carbocycles. The van der Waals surface area contributed by atoms with Gasteiger partial charge in [0.1, 0.15) is 6.61 Å². The summed E-state index contributed by atoms with van der Waals surface area (Å²) in [5.41, 5.74) is 2.42. The SMILES string of the molecule is Cc1ccc(C2=CC3CCC(C2)N3C(=O)OCc2ccccc2)s1. The smallest absolute Gasteiger partial charge is 0.410 e. The van der Waals surface area contributed by atoms with Crippen molar-refractivity contribution >= 4 is 23.0 Å². The van der Waals surface area contributed by atoms with Crippen LogP contribution < -0.4 is 0 Å². The minimum atomic E-state index is -0.177. The quantitative estimate of drug-likeness (QED) is 0.786. The van der Waals surface area contributed by atoms with Gasteiger partial charge in [0.15, 0.2) is 0 Å². The Bertz CT molecular complexity index is 765. The van der Waals surface area contributed by atoms with E-state index < -0.39 is 0 Å². The Morgan fingerprint density at radius 1 is 1.21 bits per heavy atom. The molecule has 0 aliphatic carbocycles. The van der Waals surface area contributed by atoms with E-state index in [1.807, 2.05) is 46.6 Å². The molecule has 2 aliphatic rings. The lowest BCUT2D eigenvalue weighted by Gasteiger charge is -2.33. The second-order valence-corrected chi connectivity index (χ2v) is 7.84. The van der Waals surface area contributed by atoms with Gasteiger partial charge in [0.2, 0.25) is 0 Å². The molecule has 4 rings (SSSR count). The molecule has 3 heterocycles. The number of amides is 1. The summed E-state index contributed by atoms with van der Waals surface area (Å²) in [6, 6.07) is 14.7. The van der Waals surface area contributed by atoms with Crippen molar-refractivity contribution in [3.8, 4) is 0 Å². The molecule has 124 valence electrons. The number of rotatable bonds is 3. The van der Waals surface area contributed by atoms with Gasteiger partial charge in [0, 0.05) is 15.8 Å². The number of aryl methyl sites for hydroxylation is 1. The van der Waals surface area contributed by atoms with Crippen LogP contribution in [0.15, 0.2) is 48.5 Å². The van der Waals surface area contributed by atoms with Crippen molar-refractivity contribution in [1.82, 2.24) is 4.90 Å². The largest absolute Gasteiger partial charge is 0.445 e. The summed E-state index contributed by atoms with van der Waals surface area (Å²) >= 11 is 1.84. The molecule has 2 bridgehead atoms. The molecule has 3 nitrogen and oxygen atoms in total. The third-order valence-corrected chi connectivity index (χ3v) is 5.94. The Hall–Kier alpha value is -2.07. The van der Waals surface area contributed by atoms with Crippen LogP contribution in [0.4, 0.5) is 4.79 Å². The van der Waals surface area contributed by atoms with Gasteiger partial charge in [-0.3, -0.25) is 4.90 Å². The predicted molar refractivity (Wildman–Crippen MR) is 96.9 cm³/mol. The predicted octanol–water partition coefficient (Wildman–Crippen LogP) is 5.01. The second kappa shape index (κ2) is 6.44. The molecule has 2 aliphatic heterocycles. The summed E-state index contributed by atoms with van der Waals surface area (Å²) in [4.78, 5) is 17.2. The van der Waals surface area contributed by atoms with Gasteiger partial charge < -0.3 is 4.74 Å². The zero-order valence-electron chi connectivity index (χ0n) is 13.8. The average molecular weight is 339 g/mol. The Balaban J connectivity index is 1.45. The topological polar surface area (TPSA) is 29.5 Å². The Morgan fingerprint density at radius 2 is 2.04 bits per heavy atom. The highest BCUT2D eigenvalue weighted by atomic mass is 32.1. The number of thiophene rings is 1. The molecule has 0 radical (unpaired) electrons. The van der Waals surface area contributed by atoms with Gasteiger partial charge in [0.05, 0.1) is 6.04 Å². The van der Waals surface area contributed by atoms with Gasteiger partial charge in [-0.1, -0.05) is 36.4 Å². The van der Waals surface area contributed by atoms with Crippen molar-refractivity contribution in [3.63, 3.8) is 0 Å². The molecule has 1 amide bonds. The third kappa shape index (κ3) is 2.98. The van der Waals surface area contributed by atoms with E-state index in [1.54, 1.807) is 0 Å². The summed E-state index contributed by atoms with van der Waals surface area (Å²) in [5.74, 6) is 0. The van der Waals surface area contributed by atoms with Crippen LogP contribution in [0.1, 0.15) is 34.6 Å². The van der Waals surface area contributed by atoms with Gasteiger partial charge in [0.25, 0.3) is 0 Å². The van der Waals surface area contributed by atoms with E-state index in [4.69, 9.17) is 4.74 Å². The van der Waals surface area contributed by atoms with E-state index in [9.17, 15) is 4.79 Å². The van der Waals surface area contributed by atoms with E-state index >= 15 is 0 Å². The molecule has 0 spiro atoms. The molecule has 0 saturated carbocycles. The maximum Gasteiger partial charge on any atom is 0.410 e. The van der Waals surface area contributed by atoms with Crippen LogP contribution in [-0.4, -0.2) is 23.1 Å². The van der Waals surface area contributed by atoms with Crippen LogP contribution in [0, 0.1) is 6.92 Å². The number of hydrogen-bond donors (Lipinski definition) is 0. The minimum Gasteiger partial charge on any atom is -0.445 e. The van der Waals surface area contributed by atoms with Gasteiger partial charge >= 0.3 is 6.09 Å². The normalized spacial score (nSPS) is 22.4. The number of ether oxygens (including phenoxy) is 1. The molecule has 1 fully saturated rings. The number of carbonyl (C=O) groups excluding carboxylic acids is 1. The summed E-state index contributed by atoms with van der Waals surface area (Å²) in [6.45, 7) is 2.48. The van der Waals surface area contributed by atoms with Gasteiger partial charge in [-0.2, -0.15) is 0 Å². The van der Waals surface area contributed by atoms with Crippen molar-refractivity contribution in [1.29, 1.82) is 0 Å². The molecule has 2 unspecified atom stereocenters. The van der Waals surface area contributed by atoms with Gasteiger partial charge in [-0.05, 0) is 49.5 Å². The fourth-order valence-corrected chi connectivity index (χ4v) is 4.60. The molecule has 0 N–H and O–H groups in total. The number of fused-ring (bicyclic) bond motifs is 2. The Kier molecular flexibility index (Phi) is 4.15. The zero-order chi connectivity index (χ0) is 16.5. The van der Waals surface area contributed by atoms with Gasteiger partial charge in [-0.25, -0.2) is 4.79 Å². The van der Waals surface area contributed by atoms with Crippen LogP contribution in [-0.2, 0) is 11.3 Å². The fourth-order valence-electron chi connectivity index (χ4n) is 3.70. The molecule has 2 aromatic rings. The lowest BCUT2D eigenvalue weighted by atomic mass is 10.0. The third-order valence-electron chi connectivity index (χ3n) is 4.87. The van der Waals surface area contributed by atoms with Crippen LogP contribution in [0.2, 0.25) is 0 Å². The van der Waals surface area contributed by atoms with Gasteiger partial charge in [-0.15, -0.1) is 11.3 Å². The maximum absolute atomic E-state index is 12.6. The van der Waals surface area contributed by atoms with E-state index in [-0.39, 0.29) is 18.2 Å². The zero-order valence-corrected chi connectivity index (χ0v) is 14.6. The summed E-state index contributed by atoms with van der Waals surface area (Å²) in [7, 11) is 0. The highest BCUT2D eigenvalue weighted by Crippen LogP contribution is 2.40. The molecule has 24 heavy (non-hydrogen) atoms. The first-order chi connectivity index (χ1) is 11.7. The van der Waals surface area contributed by atoms with Crippen LogP contribution in [0.3, 0.4) is 0 Å². The number of carbonyl (C=O) groups is 1. The van der Waals surface area contributed by atoms with E-state index in [0.29, 0.717) is 6.61 Å². The fraction of sp³-hybridized carbons (Fsp3) is 0.350. The summed E-state index contributed by atoms with van der Waals surface area (Å²) in [5, 5.41) is 0. The molecule has 1 aromatic heterocycles. The highest BCUT2D eigenvalue weighted by Gasteiger charge is 2.40. The van der Waals surface area contributed by atoms with Crippen molar-refractivity contribution in [2.45, 2.75) is 44.9 Å². The first-order valence-corrected chi connectivity index (χ1v) is 9.29. The lowest BCUT2D eigenvalue weighted by molar-refractivity contribution is 0.0832. The monoisotopic (exact) mass is 339 g/mol. The molecule has 1 saturated heterocycles. The number of nitrogens with zero attached hydrogens (tertiary/aromatic N) is 1. The van der Waals surface area contributed by atoms with Crippen LogP contribution in [0.5, 0.6) is 0 Å². The maximum atomic E-state index is 12.6. The lowest BCUT2D eigenvalue weighted by Crippen LogP contribution is -2.43. The Morgan fingerprint density at radius 3 is 2.75 bits per heavy atom. The van der Waals surface area contributed by atoms with E-state index in [2.05, 4.69) is 25.1 Å². The second-order valence-electron chi connectivity index (χ2n) is 6.55. The summed E-state index contributed by atoms with van der Waals surface area (Å²) < 4.78 is 5.55. The van der Waals surface area contributed by atoms with Crippen LogP contribution >= 0.6 is 11.3 Å². The van der Waals surface area contributed by atoms with Crippen molar-refractivity contribution in [2.24, 2.45) is 0 Å². The molecular formula is C20H21NO2S. The Labute approximate surface area is 146 Å². The van der Waals surface area contributed by atoms with Crippen molar-refractivity contribution in [2.75, 3.05) is 0 Å².